The number of hydrogen-bond acceptors (Lipinski definition) is 5. The van der Waals surface area contributed by atoms with Crippen LogP contribution in [0.4, 0.5) is 10.5 Å². The Morgan fingerprint density at radius 2 is 1.91 bits per heavy atom. The topological polar surface area (TPSA) is 77.1 Å². The predicted molar refractivity (Wildman–Crippen MR) is 127 cm³/mol. The largest absolute Gasteiger partial charge is 0.489 e. The van der Waals surface area contributed by atoms with E-state index in [1.807, 2.05) is 20.8 Å². The van der Waals surface area contributed by atoms with Gasteiger partial charge in [0.05, 0.1) is 12.1 Å². The van der Waals surface area contributed by atoms with Crippen molar-refractivity contribution in [1.29, 1.82) is 0 Å². The Hall–Kier alpha value is -3.19. The first kappa shape index (κ1) is 23.0. The molecule has 0 spiro atoms. The second-order valence-corrected chi connectivity index (χ2v) is 9.51. The van der Waals surface area contributed by atoms with Crippen LogP contribution in [0.1, 0.15) is 32.8 Å². The first-order chi connectivity index (χ1) is 15.7. The smallest absolute Gasteiger partial charge is 0.410 e. The molecule has 33 heavy (non-hydrogen) atoms. The van der Waals surface area contributed by atoms with Crippen LogP contribution in [-0.2, 0) is 9.53 Å². The molecule has 1 saturated heterocycles. The number of halogens is 1. The summed E-state index contributed by atoms with van der Waals surface area (Å²) in [6, 6.07) is 12.5. The summed E-state index contributed by atoms with van der Waals surface area (Å²) in [4.78, 5) is 26.5. The average Bonchev–Trinajstić information content (AvgIpc) is 3.22. The lowest BCUT2D eigenvalue weighted by Gasteiger charge is -2.24. The summed E-state index contributed by atoms with van der Waals surface area (Å²) in [5.74, 6) is 1.14. The molecule has 8 heteroatoms. The molecule has 4 rings (SSSR count). The van der Waals surface area contributed by atoms with E-state index in [-0.39, 0.29) is 24.7 Å². The van der Waals surface area contributed by atoms with Gasteiger partial charge in [0.1, 0.15) is 29.8 Å². The second-order valence-electron chi connectivity index (χ2n) is 9.07. The van der Waals surface area contributed by atoms with E-state index in [2.05, 4.69) is 5.32 Å². The SMILES string of the molecule is CC(C)(C)OC(=O)N1CCC(Oc2ccc(NC(=O)C3=Cc4cc(Cl)ccc4OC3)cc2)C1. The van der Waals surface area contributed by atoms with Gasteiger partial charge in [0.25, 0.3) is 5.91 Å². The number of carbonyl (C=O) groups excluding carboxylic acids is 2. The van der Waals surface area contributed by atoms with Crippen molar-refractivity contribution < 1.29 is 23.8 Å². The fraction of sp³-hybridized carbons (Fsp3) is 0.360. The number of amides is 2. The van der Waals surface area contributed by atoms with Gasteiger partial charge < -0.3 is 24.4 Å². The number of hydrogen-bond donors (Lipinski definition) is 1. The molecule has 2 heterocycles. The van der Waals surface area contributed by atoms with Crippen molar-refractivity contribution in [3.8, 4) is 11.5 Å². The van der Waals surface area contributed by atoms with Gasteiger partial charge in [-0.3, -0.25) is 4.79 Å². The average molecular weight is 471 g/mol. The standard InChI is InChI=1S/C25H27ClN2O5/c1-25(2,3)33-24(30)28-11-10-21(14-28)32-20-7-5-19(6-8-20)27-23(29)17-12-16-13-18(26)4-9-22(16)31-15-17/h4-9,12-13,21H,10-11,14-15H2,1-3H3,(H,27,29). The zero-order valence-electron chi connectivity index (χ0n) is 18.9. The predicted octanol–water partition coefficient (Wildman–Crippen LogP) is 5.14. The van der Waals surface area contributed by atoms with Gasteiger partial charge in [-0.2, -0.15) is 0 Å². The van der Waals surface area contributed by atoms with Gasteiger partial charge in [-0.1, -0.05) is 11.6 Å². The van der Waals surface area contributed by atoms with E-state index in [0.717, 1.165) is 12.0 Å². The molecule has 2 amide bonds. The van der Waals surface area contributed by atoms with Crippen LogP contribution < -0.4 is 14.8 Å². The molecule has 0 bridgehead atoms. The number of carbonyl (C=O) groups is 2. The number of anilines is 1. The molecular weight excluding hydrogens is 444 g/mol. The van der Waals surface area contributed by atoms with E-state index in [1.54, 1.807) is 53.4 Å². The zero-order valence-corrected chi connectivity index (χ0v) is 19.6. The minimum absolute atomic E-state index is 0.102. The lowest BCUT2D eigenvalue weighted by Crippen LogP contribution is -2.36. The summed E-state index contributed by atoms with van der Waals surface area (Å²) < 4.78 is 17.1. The van der Waals surface area contributed by atoms with Crippen LogP contribution in [0.2, 0.25) is 5.02 Å². The molecule has 2 aromatic carbocycles. The van der Waals surface area contributed by atoms with Gasteiger partial charge in [0.15, 0.2) is 0 Å². The third-order valence-corrected chi connectivity index (χ3v) is 5.42. The number of fused-ring (bicyclic) bond motifs is 1. The Morgan fingerprint density at radius 1 is 1.15 bits per heavy atom. The highest BCUT2D eigenvalue weighted by Crippen LogP contribution is 2.29. The van der Waals surface area contributed by atoms with Crippen LogP contribution in [0, 0.1) is 0 Å². The number of rotatable bonds is 4. The number of nitrogens with zero attached hydrogens (tertiary/aromatic N) is 1. The maximum Gasteiger partial charge on any atom is 0.410 e. The molecule has 0 aliphatic carbocycles. The summed E-state index contributed by atoms with van der Waals surface area (Å²) in [6.45, 7) is 6.81. The van der Waals surface area contributed by atoms with E-state index >= 15 is 0 Å². The van der Waals surface area contributed by atoms with E-state index < -0.39 is 5.60 Å². The molecule has 0 radical (unpaired) electrons. The van der Waals surface area contributed by atoms with E-state index in [1.165, 1.54) is 0 Å². The van der Waals surface area contributed by atoms with Crippen molar-refractivity contribution in [2.45, 2.75) is 38.9 Å². The van der Waals surface area contributed by atoms with Crippen molar-refractivity contribution in [2.24, 2.45) is 0 Å². The van der Waals surface area contributed by atoms with Gasteiger partial charge in [0.2, 0.25) is 0 Å². The number of ether oxygens (including phenoxy) is 3. The second kappa shape index (κ2) is 9.35. The van der Waals surface area contributed by atoms with Crippen molar-refractivity contribution in [3.63, 3.8) is 0 Å². The van der Waals surface area contributed by atoms with Crippen LogP contribution in [0.5, 0.6) is 11.5 Å². The molecule has 2 aliphatic heterocycles. The molecule has 0 saturated carbocycles. The minimum atomic E-state index is -0.521. The van der Waals surface area contributed by atoms with E-state index in [4.69, 9.17) is 25.8 Å². The Kier molecular flexibility index (Phi) is 6.51. The van der Waals surface area contributed by atoms with Crippen molar-refractivity contribution in [3.05, 3.63) is 58.6 Å². The summed E-state index contributed by atoms with van der Waals surface area (Å²) in [5.41, 5.74) is 1.41. The monoisotopic (exact) mass is 470 g/mol. The Morgan fingerprint density at radius 3 is 2.64 bits per heavy atom. The van der Waals surface area contributed by atoms with Crippen LogP contribution in [0.25, 0.3) is 6.08 Å². The highest BCUT2D eigenvalue weighted by Gasteiger charge is 2.30. The normalized spacial score (nSPS) is 17.5. The number of likely N-dealkylation sites (tertiary alicyclic amines) is 1. The lowest BCUT2D eigenvalue weighted by atomic mass is 10.1. The first-order valence-electron chi connectivity index (χ1n) is 10.9. The van der Waals surface area contributed by atoms with Gasteiger partial charge in [-0.25, -0.2) is 4.79 Å². The van der Waals surface area contributed by atoms with Crippen molar-refractivity contribution in [1.82, 2.24) is 4.90 Å². The fourth-order valence-corrected chi connectivity index (χ4v) is 3.80. The van der Waals surface area contributed by atoms with Gasteiger partial charge >= 0.3 is 6.09 Å². The van der Waals surface area contributed by atoms with Crippen LogP contribution in [0.3, 0.4) is 0 Å². The zero-order chi connectivity index (χ0) is 23.6. The van der Waals surface area contributed by atoms with Crippen LogP contribution in [0.15, 0.2) is 48.0 Å². The molecule has 1 fully saturated rings. The Balaban J connectivity index is 1.31. The maximum atomic E-state index is 12.7. The molecular formula is C25H27ClN2O5. The fourth-order valence-electron chi connectivity index (χ4n) is 3.62. The summed E-state index contributed by atoms with van der Waals surface area (Å²) >= 11 is 6.04. The molecule has 2 aromatic rings. The molecule has 0 aromatic heterocycles. The Bertz CT molecular complexity index is 1080. The minimum Gasteiger partial charge on any atom is -0.489 e. The quantitative estimate of drug-likeness (QED) is 0.669. The number of benzene rings is 2. The highest BCUT2D eigenvalue weighted by atomic mass is 35.5. The van der Waals surface area contributed by atoms with Gasteiger partial charge in [-0.05, 0) is 69.3 Å². The summed E-state index contributed by atoms with van der Waals surface area (Å²) in [6.07, 6.45) is 2.10. The maximum absolute atomic E-state index is 12.7. The van der Waals surface area contributed by atoms with E-state index in [0.29, 0.717) is 40.9 Å². The third-order valence-electron chi connectivity index (χ3n) is 5.19. The molecule has 1 N–H and O–H groups in total. The van der Waals surface area contributed by atoms with Gasteiger partial charge in [-0.15, -0.1) is 0 Å². The molecule has 174 valence electrons. The molecule has 2 aliphatic rings. The third kappa shape index (κ3) is 5.99. The summed E-state index contributed by atoms with van der Waals surface area (Å²) in [5, 5.41) is 3.46. The van der Waals surface area contributed by atoms with E-state index in [9.17, 15) is 9.59 Å². The molecule has 1 atom stereocenters. The van der Waals surface area contributed by atoms with Crippen LogP contribution in [-0.4, -0.2) is 48.3 Å². The van der Waals surface area contributed by atoms with Crippen LogP contribution >= 0.6 is 11.6 Å². The Labute approximate surface area is 198 Å². The molecule has 1 unspecified atom stereocenters. The summed E-state index contributed by atoms with van der Waals surface area (Å²) in [7, 11) is 0. The highest BCUT2D eigenvalue weighted by molar-refractivity contribution is 6.30. The van der Waals surface area contributed by atoms with Gasteiger partial charge in [0, 0.05) is 29.2 Å². The van der Waals surface area contributed by atoms with Crippen molar-refractivity contribution >= 4 is 35.4 Å². The first-order valence-corrected chi connectivity index (χ1v) is 11.2. The molecule has 7 nitrogen and oxygen atoms in total. The lowest BCUT2D eigenvalue weighted by molar-refractivity contribution is -0.113. The number of nitrogens with one attached hydrogen (secondary N) is 1. The van der Waals surface area contributed by atoms with Crippen molar-refractivity contribution in [2.75, 3.05) is 25.0 Å².